The Morgan fingerprint density at radius 2 is 1.95 bits per heavy atom. The predicted molar refractivity (Wildman–Crippen MR) is 153 cm³/mol. The van der Waals surface area contributed by atoms with E-state index in [1.54, 1.807) is 18.3 Å². The van der Waals surface area contributed by atoms with Crippen LogP contribution in [0.2, 0.25) is 5.02 Å². The summed E-state index contributed by atoms with van der Waals surface area (Å²) < 4.78 is 38.4. The fourth-order valence-corrected chi connectivity index (χ4v) is 5.66. The molecule has 2 aromatic carbocycles. The van der Waals surface area contributed by atoms with Crippen molar-refractivity contribution in [2.24, 2.45) is 0 Å². The van der Waals surface area contributed by atoms with Crippen molar-refractivity contribution in [1.82, 2.24) is 10.3 Å². The first-order chi connectivity index (χ1) is 18.2. The SMILES string of the molecule is COc1ccc(N2C(=S)N[C@@H](c3ccccn3)[C@H]2c2ccc(-c3cccc(Cl)c3C)o2)cc1NS(C)(=O)=O. The lowest BCUT2D eigenvalue weighted by molar-refractivity contribution is 0.416. The number of pyridine rings is 1. The van der Waals surface area contributed by atoms with Gasteiger partial charge in [0.25, 0.3) is 0 Å². The van der Waals surface area contributed by atoms with E-state index in [9.17, 15) is 8.42 Å². The van der Waals surface area contributed by atoms with Gasteiger partial charge < -0.3 is 19.4 Å². The van der Waals surface area contributed by atoms with Crippen molar-refractivity contribution >= 4 is 50.3 Å². The Morgan fingerprint density at radius 1 is 1.13 bits per heavy atom. The van der Waals surface area contributed by atoms with E-state index in [4.69, 9.17) is 33.0 Å². The van der Waals surface area contributed by atoms with Crippen LogP contribution in [0.4, 0.5) is 11.4 Å². The van der Waals surface area contributed by atoms with Crippen molar-refractivity contribution < 1.29 is 17.6 Å². The van der Waals surface area contributed by atoms with Crippen molar-refractivity contribution in [2.75, 3.05) is 23.0 Å². The van der Waals surface area contributed by atoms with E-state index in [0.29, 0.717) is 38.8 Å². The van der Waals surface area contributed by atoms with Crippen molar-refractivity contribution in [3.63, 3.8) is 0 Å². The number of nitrogens with zero attached hydrogens (tertiary/aromatic N) is 2. The molecule has 0 radical (unpaired) electrons. The average Bonchev–Trinajstić information content (AvgIpc) is 3.50. The van der Waals surface area contributed by atoms with Gasteiger partial charge in [0.2, 0.25) is 10.0 Å². The fourth-order valence-electron chi connectivity index (χ4n) is 4.58. The number of hydrogen-bond acceptors (Lipinski definition) is 6. The molecule has 4 aromatic rings. The summed E-state index contributed by atoms with van der Waals surface area (Å²) in [6.07, 6.45) is 2.81. The summed E-state index contributed by atoms with van der Waals surface area (Å²) in [5, 5.41) is 4.47. The standard InChI is InChI=1S/C27H25ClN4O4S2/c1-16-18(7-6-8-19(16)28)22-12-13-24(36-22)26-25(20-9-4-5-14-29-20)30-27(37)32(26)17-10-11-23(35-2)21(15-17)31-38(3,33)34/h4-15,25-26,31H,1-3H3,(H,30,37)/t25-,26+/m0/s1. The summed E-state index contributed by atoms with van der Waals surface area (Å²) >= 11 is 12.2. The van der Waals surface area contributed by atoms with Crippen molar-refractivity contribution in [3.05, 3.63) is 95.0 Å². The second-order valence-corrected chi connectivity index (χ2v) is 11.4. The molecule has 2 N–H and O–H groups in total. The van der Waals surface area contributed by atoms with E-state index in [1.807, 2.05) is 66.4 Å². The first-order valence-electron chi connectivity index (χ1n) is 11.7. The number of sulfonamides is 1. The number of aromatic nitrogens is 1. The molecule has 196 valence electrons. The van der Waals surface area contributed by atoms with Gasteiger partial charge in [-0.05, 0) is 73.2 Å². The summed E-state index contributed by atoms with van der Waals surface area (Å²) in [5.74, 6) is 1.70. The Hall–Kier alpha value is -3.60. The second kappa shape index (κ2) is 10.3. The fraction of sp³-hybridized carbons (Fsp3) is 0.185. The molecule has 1 aliphatic heterocycles. The van der Waals surface area contributed by atoms with Crippen molar-refractivity contribution in [2.45, 2.75) is 19.0 Å². The normalized spacial score (nSPS) is 17.4. The van der Waals surface area contributed by atoms with Gasteiger partial charge in [0.05, 0.1) is 30.8 Å². The zero-order valence-corrected chi connectivity index (χ0v) is 23.2. The van der Waals surface area contributed by atoms with Gasteiger partial charge >= 0.3 is 0 Å². The number of ether oxygens (including phenoxy) is 1. The zero-order chi connectivity index (χ0) is 27.0. The van der Waals surface area contributed by atoms with Gasteiger partial charge in [0.1, 0.15) is 23.3 Å². The summed E-state index contributed by atoms with van der Waals surface area (Å²) in [5.41, 5.74) is 3.53. The summed E-state index contributed by atoms with van der Waals surface area (Å²) in [6, 6.07) is 19.6. The third-order valence-electron chi connectivity index (χ3n) is 6.31. The molecule has 0 bridgehead atoms. The maximum absolute atomic E-state index is 12.0. The van der Waals surface area contributed by atoms with Gasteiger partial charge in [0.15, 0.2) is 5.11 Å². The molecular weight excluding hydrogens is 544 g/mol. The van der Waals surface area contributed by atoms with Gasteiger partial charge in [-0.1, -0.05) is 29.8 Å². The molecule has 0 unspecified atom stereocenters. The number of rotatable bonds is 7. The topological polar surface area (TPSA) is 96.7 Å². The molecule has 38 heavy (non-hydrogen) atoms. The van der Waals surface area contributed by atoms with Crippen LogP contribution in [-0.2, 0) is 10.0 Å². The highest BCUT2D eigenvalue weighted by molar-refractivity contribution is 7.92. The van der Waals surface area contributed by atoms with Gasteiger partial charge in [-0.25, -0.2) is 8.42 Å². The second-order valence-electron chi connectivity index (χ2n) is 8.87. The van der Waals surface area contributed by atoms with Crippen LogP contribution in [-0.4, -0.2) is 31.9 Å². The van der Waals surface area contributed by atoms with Gasteiger partial charge in [-0.15, -0.1) is 0 Å². The molecule has 1 aliphatic rings. The van der Waals surface area contributed by atoms with Gasteiger partial charge in [0, 0.05) is 22.5 Å². The van der Waals surface area contributed by atoms with Crippen molar-refractivity contribution in [1.29, 1.82) is 0 Å². The van der Waals surface area contributed by atoms with Gasteiger partial charge in [-0.3, -0.25) is 9.71 Å². The Balaban J connectivity index is 1.63. The molecule has 2 atom stereocenters. The number of methoxy groups -OCH3 is 1. The van der Waals surface area contributed by atoms with E-state index in [1.165, 1.54) is 7.11 Å². The largest absolute Gasteiger partial charge is 0.495 e. The highest BCUT2D eigenvalue weighted by Gasteiger charge is 2.43. The first kappa shape index (κ1) is 26.0. The summed E-state index contributed by atoms with van der Waals surface area (Å²) in [7, 11) is -2.08. The molecule has 3 heterocycles. The molecule has 0 spiro atoms. The van der Waals surface area contributed by atoms with Crippen LogP contribution in [0.15, 0.2) is 77.3 Å². The van der Waals surface area contributed by atoms with E-state index in [0.717, 1.165) is 23.1 Å². The molecule has 8 nitrogen and oxygen atoms in total. The Kier molecular flexibility index (Phi) is 7.04. The van der Waals surface area contributed by atoms with Crippen LogP contribution in [0.1, 0.15) is 29.1 Å². The third kappa shape index (κ3) is 5.07. The smallest absolute Gasteiger partial charge is 0.229 e. The number of nitrogens with one attached hydrogen (secondary N) is 2. The van der Waals surface area contributed by atoms with Crippen LogP contribution in [0.3, 0.4) is 0 Å². The molecule has 0 amide bonds. The van der Waals surface area contributed by atoms with Gasteiger partial charge in [-0.2, -0.15) is 0 Å². The lowest BCUT2D eigenvalue weighted by Crippen LogP contribution is -2.29. The number of thiocarbonyl (C=S) groups is 1. The van der Waals surface area contributed by atoms with E-state index in [2.05, 4.69) is 15.0 Å². The molecule has 5 rings (SSSR count). The molecule has 1 fully saturated rings. The van der Waals surface area contributed by atoms with E-state index < -0.39 is 16.1 Å². The number of anilines is 2. The summed E-state index contributed by atoms with van der Waals surface area (Å²) in [6.45, 7) is 1.95. The summed E-state index contributed by atoms with van der Waals surface area (Å²) in [4.78, 5) is 6.46. The Bertz CT molecular complexity index is 1610. The number of benzene rings is 2. The molecule has 0 saturated carbocycles. The molecule has 1 saturated heterocycles. The molecular formula is C27H25ClN4O4S2. The predicted octanol–water partition coefficient (Wildman–Crippen LogP) is 5.86. The number of furan rings is 1. The van der Waals surface area contributed by atoms with E-state index in [-0.39, 0.29) is 6.04 Å². The lowest BCUT2D eigenvalue weighted by atomic mass is 10.0. The minimum absolute atomic E-state index is 0.296. The highest BCUT2D eigenvalue weighted by Crippen LogP contribution is 2.44. The number of halogens is 1. The molecule has 2 aromatic heterocycles. The van der Waals surface area contributed by atoms with Crippen LogP contribution < -0.4 is 19.7 Å². The Labute approximate surface area is 231 Å². The molecule has 11 heteroatoms. The van der Waals surface area contributed by atoms with Crippen LogP contribution >= 0.6 is 23.8 Å². The monoisotopic (exact) mass is 568 g/mol. The highest BCUT2D eigenvalue weighted by atomic mass is 35.5. The van der Waals surface area contributed by atoms with E-state index >= 15 is 0 Å². The maximum Gasteiger partial charge on any atom is 0.229 e. The Morgan fingerprint density at radius 3 is 2.66 bits per heavy atom. The minimum atomic E-state index is -3.55. The van der Waals surface area contributed by atoms with Crippen LogP contribution in [0.25, 0.3) is 11.3 Å². The van der Waals surface area contributed by atoms with Crippen molar-refractivity contribution in [3.8, 4) is 17.1 Å². The first-order valence-corrected chi connectivity index (χ1v) is 14.4. The third-order valence-corrected chi connectivity index (χ3v) is 7.62. The van der Waals surface area contributed by atoms with Crippen LogP contribution in [0, 0.1) is 6.92 Å². The number of hydrogen-bond donors (Lipinski definition) is 2. The lowest BCUT2D eigenvalue weighted by Gasteiger charge is -2.27. The average molecular weight is 569 g/mol. The zero-order valence-electron chi connectivity index (χ0n) is 20.8. The quantitative estimate of drug-likeness (QED) is 0.268. The molecule has 0 aliphatic carbocycles. The minimum Gasteiger partial charge on any atom is -0.495 e. The maximum atomic E-state index is 12.0. The van der Waals surface area contributed by atoms with Crippen LogP contribution in [0.5, 0.6) is 5.75 Å².